The maximum Gasteiger partial charge on any atom is 0.508 e. The van der Waals surface area contributed by atoms with E-state index >= 15 is 0 Å². The highest BCUT2D eigenvalue weighted by molar-refractivity contribution is 5.60. The summed E-state index contributed by atoms with van der Waals surface area (Å²) in [5, 5.41) is 0. The van der Waals surface area contributed by atoms with Gasteiger partial charge in [0.25, 0.3) is 0 Å². The molecule has 0 fully saturated rings. The number of hydrogen-bond acceptors (Lipinski definition) is 3. The molecule has 0 aromatic carbocycles. The van der Waals surface area contributed by atoms with Crippen molar-refractivity contribution in [2.75, 3.05) is 6.61 Å². The van der Waals surface area contributed by atoms with E-state index in [2.05, 4.69) is 43.4 Å². The Balaban J connectivity index is 3.34. The topological polar surface area (TPSA) is 35.5 Å². The minimum atomic E-state index is -0.532. The lowest BCUT2D eigenvalue weighted by Crippen LogP contribution is -2.21. The van der Waals surface area contributed by atoms with Crippen LogP contribution in [0, 0.1) is 5.92 Å². The van der Waals surface area contributed by atoms with Crippen LogP contribution in [0.5, 0.6) is 0 Å². The summed E-state index contributed by atoms with van der Waals surface area (Å²) >= 11 is 0. The monoisotopic (exact) mass is 378 g/mol. The molecule has 0 aromatic heterocycles. The summed E-state index contributed by atoms with van der Waals surface area (Å²) in [6.45, 7) is 8.57. The van der Waals surface area contributed by atoms with Crippen LogP contribution in [-0.4, -0.2) is 18.9 Å². The van der Waals surface area contributed by atoms with Gasteiger partial charge in [0.15, 0.2) is 0 Å². The van der Waals surface area contributed by atoms with Gasteiger partial charge in [0.2, 0.25) is 0 Å². The molecular weight excluding hydrogens is 336 g/mol. The second-order valence-electron chi connectivity index (χ2n) is 7.37. The SMILES string of the molecule is CC/C=C\C/C=C\C/C=C/CCCCCCCCOC(=O)OC(C)C(C)C. The highest BCUT2D eigenvalue weighted by Gasteiger charge is 2.13. The average Bonchev–Trinajstić information content (AvgIpc) is 2.64. The first-order valence-electron chi connectivity index (χ1n) is 10.9. The van der Waals surface area contributed by atoms with E-state index in [1.807, 2.05) is 20.8 Å². The van der Waals surface area contributed by atoms with Crippen LogP contribution in [0.4, 0.5) is 4.79 Å². The molecule has 0 aliphatic rings. The molecule has 27 heavy (non-hydrogen) atoms. The van der Waals surface area contributed by atoms with Crippen LogP contribution in [-0.2, 0) is 9.47 Å². The molecule has 0 aliphatic heterocycles. The van der Waals surface area contributed by atoms with Crippen molar-refractivity contribution in [1.29, 1.82) is 0 Å². The third kappa shape index (κ3) is 19.1. The van der Waals surface area contributed by atoms with Gasteiger partial charge in [-0.25, -0.2) is 4.79 Å². The third-order valence-electron chi connectivity index (χ3n) is 4.49. The number of rotatable bonds is 16. The summed E-state index contributed by atoms with van der Waals surface area (Å²) in [4.78, 5) is 11.5. The zero-order chi connectivity index (χ0) is 20.2. The van der Waals surface area contributed by atoms with Crippen LogP contribution in [0.1, 0.15) is 91.9 Å². The molecule has 0 spiro atoms. The Bertz CT molecular complexity index is 421. The predicted molar refractivity (Wildman–Crippen MR) is 116 cm³/mol. The fourth-order valence-electron chi connectivity index (χ4n) is 2.38. The Labute approximate surface area is 167 Å². The lowest BCUT2D eigenvalue weighted by atomic mass is 10.1. The van der Waals surface area contributed by atoms with Crippen molar-refractivity contribution in [3.63, 3.8) is 0 Å². The van der Waals surface area contributed by atoms with Gasteiger partial charge in [0, 0.05) is 0 Å². The van der Waals surface area contributed by atoms with Gasteiger partial charge in [-0.3, -0.25) is 0 Å². The van der Waals surface area contributed by atoms with Crippen molar-refractivity contribution in [1.82, 2.24) is 0 Å². The predicted octanol–water partition coefficient (Wildman–Crippen LogP) is 7.77. The molecule has 0 bridgehead atoms. The molecular formula is C24H42O3. The summed E-state index contributed by atoms with van der Waals surface area (Å²) in [5.41, 5.74) is 0. The largest absolute Gasteiger partial charge is 0.508 e. The molecule has 3 heteroatoms. The van der Waals surface area contributed by atoms with Crippen molar-refractivity contribution in [3.8, 4) is 0 Å². The minimum absolute atomic E-state index is 0.0921. The second-order valence-corrected chi connectivity index (χ2v) is 7.37. The van der Waals surface area contributed by atoms with Crippen LogP contribution in [0.2, 0.25) is 0 Å². The van der Waals surface area contributed by atoms with Gasteiger partial charge in [0.05, 0.1) is 6.61 Å². The Kier molecular flexibility index (Phi) is 18.2. The van der Waals surface area contributed by atoms with Crippen molar-refractivity contribution in [3.05, 3.63) is 36.5 Å². The maximum atomic E-state index is 11.5. The first-order chi connectivity index (χ1) is 13.1. The van der Waals surface area contributed by atoms with Gasteiger partial charge in [0.1, 0.15) is 6.10 Å². The molecule has 1 unspecified atom stereocenters. The fourth-order valence-corrected chi connectivity index (χ4v) is 2.38. The van der Waals surface area contributed by atoms with Crippen LogP contribution in [0.25, 0.3) is 0 Å². The molecule has 0 amide bonds. The smallest absolute Gasteiger partial charge is 0.434 e. The van der Waals surface area contributed by atoms with Gasteiger partial charge in [-0.2, -0.15) is 0 Å². The number of carbonyl (C=O) groups is 1. The average molecular weight is 379 g/mol. The normalized spacial score (nSPS) is 13.2. The highest BCUT2D eigenvalue weighted by Crippen LogP contribution is 2.09. The highest BCUT2D eigenvalue weighted by atomic mass is 16.7. The van der Waals surface area contributed by atoms with Crippen LogP contribution in [0.3, 0.4) is 0 Å². The van der Waals surface area contributed by atoms with E-state index < -0.39 is 6.16 Å². The summed E-state index contributed by atoms with van der Waals surface area (Å²) in [6.07, 6.45) is 24.2. The molecule has 3 nitrogen and oxygen atoms in total. The lowest BCUT2D eigenvalue weighted by Gasteiger charge is -2.16. The number of unbranched alkanes of at least 4 members (excludes halogenated alkanes) is 6. The van der Waals surface area contributed by atoms with Crippen molar-refractivity contribution >= 4 is 6.16 Å². The Hall–Kier alpha value is -1.51. The minimum Gasteiger partial charge on any atom is -0.434 e. The molecule has 0 rings (SSSR count). The Morgan fingerprint density at radius 3 is 1.96 bits per heavy atom. The van der Waals surface area contributed by atoms with Gasteiger partial charge in [-0.15, -0.1) is 0 Å². The molecule has 156 valence electrons. The lowest BCUT2D eigenvalue weighted by molar-refractivity contribution is 0.0140. The van der Waals surface area contributed by atoms with Gasteiger partial charge >= 0.3 is 6.16 Å². The number of carbonyl (C=O) groups excluding carboxylic acids is 1. The van der Waals surface area contributed by atoms with Gasteiger partial charge in [-0.1, -0.05) is 82.9 Å². The molecule has 0 N–H and O–H groups in total. The van der Waals surface area contributed by atoms with E-state index in [9.17, 15) is 4.79 Å². The van der Waals surface area contributed by atoms with E-state index in [1.54, 1.807) is 0 Å². The number of hydrogen-bond donors (Lipinski definition) is 0. The molecule has 0 aliphatic carbocycles. The third-order valence-corrected chi connectivity index (χ3v) is 4.49. The Morgan fingerprint density at radius 2 is 1.33 bits per heavy atom. The standard InChI is InChI=1S/C24H42O3/c1-5-6-7-8-9-10-11-12-13-14-15-16-17-18-19-20-21-26-24(25)27-23(4)22(2)3/h6-7,9-10,12-13,22-23H,5,8,11,14-21H2,1-4H3/b7-6-,10-9-,13-12+. The van der Waals surface area contributed by atoms with Gasteiger partial charge < -0.3 is 9.47 Å². The van der Waals surface area contributed by atoms with Crippen LogP contribution >= 0.6 is 0 Å². The quantitative estimate of drug-likeness (QED) is 0.156. The molecule has 0 radical (unpaired) electrons. The summed E-state index contributed by atoms with van der Waals surface area (Å²) in [5.74, 6) is 0.317. The maximum absolute atomic E-state index is 11.5. The first kappa shape index (κ1) is 25.5. The second kappa shape index (κ2) is 19.3. The molecule has 0 saturated carbocycles. The van der Waals surface area contributed by atoms with Crippen molar-refractivity contribution < 1.29 is 14.3 Å². The Morgan fingerprint density at radius 1 is 0.778 bits per heavy atom. The summed E-state index contributed by atoms with van der Waals surface area (Å²) < 4.78 is 10.3. The van der Waals surface area contributed by atoms with Crippen LogP contribution in [0.15, 0.2) is 36.5 Å². The number of ether oxygens (including phenoxy) is 2. The van der Waals surface area contributed by atoms with Gasteiger partial charge in [-0.05, 0) is 51.4 Å². The molecule has 1 atom stereocenters. The zero-order valence-corrected chi connectivity index (χ0v) is 18.1. The molecule has 0 aromatic rings. The van der Waals surface area contributed by atoms with E-state index in [1.165, 1.54) is 32.1 Å². The molecule has 0 heterocycles. The summed E-state index contributed by atoms with van der Waals surface area (Å²) in [6, 6.07) is 0. The van der Waals surface area contributed by atoms with E-state index in [0.29, 0.717) is 12.5 Å². The van der Waals surface area contributed by atoms with E-state index in [-0.39, 0.29) is 6.10 Å². The zero-order valence-electron chi connectivity index (χ0n) is 18.1. The van der Waals surface area contributed by atoms with E-state index in [0.717, 1.165) is 32.1 Å². The van der Waals surface area contributed by atoms with Crippen LogP contribution < -0.4 is 0 Å². The van der Waals surface area contributed by atoms with Crippen molar-refractivity contribution in [2.45, 2.75) is 98.0 Å². The first-order valence-corrected chi connectivity index (χ1v) is 10.9. The molecule has 0 saturated heterocycles. The summed E-state index contributed by atoms with van der Waals surface area (Å²) in [7, 11) is 0. The number of allylic oxidation sites excluding steroid dienone is 6. The van der Waals surface area contributed by atoms with E-state index in [4.69, 9.17) is 9.47 Å². The van der Waals surface area contributed by atoms with Crippen molar-refractivity contribution in [2.24, 2.45) is 5.92 Å². The fraction of sp³-hybridized carbons (Fsp3) is 0.708.